The lowest BCUT2D eigenvalue weighted by atomic mass is 10.0. The first-order chi connectivity index (χ1) is 10.7. The fourth-order valence-corrected chi connectivity index (χ4v) is 3.31. The third-order valence-corrected chi connectivity index (χ3v) is 4.40. The maximum absolute atomic E-state index is 6.33. The Hall–Kier alpha value is -1.94. The first-order valence-corrected chi connectivity index (χ1v) is 7.70. The van der Waals surface area contributed by atoms with E-state index in [-0.39, 0.29) is 6.04 Å². The number of hydrogen-bond donors (Lipinski definition) is 0. The van der Waals surface area contributed by atoms with Crippen LogP contribution in [-0.4, -0.2) is 25.7 Å². The summed E-state index contributed by atoms with van der Waals surface area (Å²) in [6.07, 6.45) is 5.64. The fourth-order valence-electron chi connectivity index (χ4n) is 3.08. The van der Waals surface area contributed by atoms with Gasteiger partial charge in [-0.3, -0.25) is 4.98 Å². The average Bonchev–Trinajstić information content (AvgIpc) is 3.03. The van der Waals surface area contributed by atoms with Gasteiger partial charge in [-0.1, -0.05) is 11.6 Å². The predicted molar refractivity (Wildman–Crippen MR) is 88.1 cm³/mol. The molecule has 3 rings (SSSR count). The number of methoxy groups -OCH3 is 2. The summed E-state index contributed by atoms with van der Waals surface area (Å²) < 4.78 is 10.9. The van der Waals surface area contributed by atoms with Crippen molar-refractivity contribution in [3.05, 3.63) is 47.2 Å². The Bertz CT molecular complexity index is 663. The number of rotatable bonds is 4. The Labute approximate surface area is 135 Å². The molecule has 1 fully saturated rings. The zero-order valence-electron chi connectivity index (χ0n) is 12.8. The fraction of sp³-hybridized carbons (Fsp3) is 0.353. The quantitative estimate of drug-likeness (QED) is 0.850. The van der Waals surface area contributed by atoms with Crippen LogP contribution < -0.4 is 14.4 Å². The van der Waals surface area contributed by atoms with Crippen LogP contribution in [0.25, 0.3) is 0 Å². The summed E-state index contributed by atoms with van der Waals surface area (Å²) in [5.41, 5.74) is 2.15. The Morgan fingerprint density at radius 3 is 2.82 bits per heavy atom. The summed E-state index contributed by atoms with van der Waals surface area (Å²) in [6.45, 7) is 0.967. The minimum Gasteiger partial charge on any atom is -0.497 e. The third-order valence-electron chi connectivity index (χ3n) is 4.11. The largest absolute Gasteiger partial charge is 0.497 e. The molecule has 1 atom stereocenters. The van der Waals surface area contributed by atoms with Crippen molar-refractivity contribution in [1.82, 2.24) is 4.98 Å². The number of pyridine rings is 1. The van der Waals surface area contributed by atoms with Crippen molar-refractivity contribution in [2.45, 2.75) is 18.9 Å². The highest BCUT2D eigenvalue weighted by molar-refractivity contribution is 6.33. The van der Waals surface area contributed by atoms with Gasteiger partial charge in [-0.2, -0.15) is 0 Å². The first-order valence-electron chi connectivity index (χ1n) is 7.32. The van der Waals surface area contributed by atoms with Gasteiger partial charge in [-0.25, -0.2) is 0 Å². The van der Waals surface area contributed by atoms with Gasteiger partial charge >= 0.3 is 0 Å². The molecule has 5 heteroatoms. The van der Waals surface area contributed by atoms with E-state index >= 15 is 0 Å². The topological polar surface area (TPSA) is 34.6 Å². The second-order valence-electron chi connectivity index (χ2n) is 5.29. The Kier molecular flexibility index (Phi) is 4.39. The maximum Gasteiger partial charge on any atom is 0.124 e. The van der Waals surface area contributed by atoms with E-state index in [0.717, 1.165) is 42.1 Å². The molecule has 1 aromatic carbocycles. The summed E-state index contributed by atoms with van der Waals surface area (Å²) >= 11 is 6.33. The molecule has 1 aromatic heterocycles. The van der Waals surface area contributed by atoms with E-state index in [1.54, 1.807) is 26.6 Å². The van der Waals surface area contributed by atoms with Gasteiger partial charge in [0, 0.05) is 24.5 Å². The van der Waals surface area contributed by atoms with E-state index in [1.165, 1.54) is 0 Å². The summed E-state index contributed by atoms with van der Waals surface area (Å²) in [7, 11) is 3.38. The van der Waals surface area contributed by atoms with Crippen LogP contribution in [0.4, 0.5) is 5.69 Å². The van der Waals surface area contributed by atoms with Crippen LogP contribution in [0.1, 0.15) is 24.4 Å². The maximum atomic E-state index is 6.33. The molecule has 0 aliphatic carbocycles. The molecule has 1 aliphatic heterocycles. The second kappa shape index (κ2) is 6.44. The second-order valence-corrected chi connectivity index (χ2v) is 5.69. The molecule has 0 saturated carbocycles. The zero-order chi connectivity index (χ0) is 15.5. The van der Waals surface area contributed by atoms with Crippen LogP contribution in [0.3, 0.4) is 0 Å². The van der Waals surface area contributed by atoms with Gasteiger partial charge in [0.2, 0.25) is 0 Å². The number of benzene rings is 1. The van der Waals surface area contributed by atoms with Crippen molar-refractivity contribution in [2.24, 2.45) is 0 Å². The van der Waals surface area contributed by atoms with Gasteiger partial charge in [-0.15, -0.1) is 0 Å². The predicted octanol–water partition coefficient (Wildman–Crippen LogP) is 4.09. The molecule has 0 spiro atoms. The Balaban J connectivity index is 2.02. The van der Waals surface area contributed by atoms with Crippen LogP contribution in [0.5, 0.6) is 11.5 Å². The number of anilines is 1. The van der Waals surface area contributed by atoms with Crippen molar-refractivity contribution in [2.75, 3.05) is 25.7 Å². The molecular weight excluding hydrogens is 300 g/mol. The van der Waals surface area contributed by atoms with Crippen LogP contribution in [0.15, 0.2) is 36.7 Å². The third kappa shape index (κ3) is 2.71. The van der Waals surface area contributed by atoms with Crippen molar-refractivity contribution >= 4 is 17.3 Å². The lowest BCUT2D eigenvalue weighted by Crippen LogP contribution is -2.23. The molecule has 4 nitrogen and oxygen atoms in total. The molecule has 0 bridgehead atoms. The van der Waals surface area contributed by atoms with Gasteiger partial charge in [0.15, 0.2) is 0 Å². The van der Waals surface area contributed by atoms with E-state index in [4.69, 9.17) is 21.1 Å². The van der Waals surface area contributed by atoms with Crippen molar-refractivity contribution in [3.63, 3.8) is 0 Å². The summed E-state index contributed by atoms with van der Waals surface area (Å²) in [6, 6.07) is 8.12. The van der Waals surface area contributed by atoms with E-state index in [9.17, 15) is 0 Å². The summed E-state index contributed by atoms with van der Waals surface area (Å²) in [5.74, 6) is 1.71. The Morgan fingerprint density at radius 2 is 2.09 bits per heavy atom. The molecule has 1 unspecified atom stereocenters. The molecular formula is C17H19ClN2O2. The molecule has 0 radical (unpaired) electrons. The zero-order valence-corrected chi connectivity index (χ0v) is 13.5. The van der Waals surface area contributed by atoms with Gasteiger partial charge in [0.1, 0.15) is 11.5 Å². The lowest BCUT2D eigenvalue weighted by Gasteiger charge is -2.29. The van der Waals surface area contributed by atoms with E-state index in [0.29, 0.717) is 5.02 Å². The minimum absolute atomic E-state index is 0.227. The van der Waals surface area contributed by atoms with Crippen molar-refractivity contribution in [3.8, 4) is 11.5 Å². The molecule has 116 valence electrons. The van der Waals surface area contributed by atoms with Crippen LogP contribution in [-0.2, 0) is 0 Å². The SMILES string of the molecule is COc1ccc(OC)c(C2CCCN2c2ccncc2Cl)c1. The summed E-state index contributed by atoms with van der Waals surface area (Å²) in [5, 5.41) is 0.677. The van der Waals surface area contributed by atoms with Crippen LogP contribution in [0, 0.1) is 0 Å². The highest BCUT2D eigenvalue weighted by Gasteiger charge is 2.30. The number of ether oxygens (including phenoxy) is 2. The Morgan fingerprint density at radius 1 is 1.23 bits per heavy atom. The minimum atomic E-state index is 0.227. The first kappa shape index (κ1) is 15.0. The highest BCUT2D eigenvalue weighted by atomic mass is 35.5. The van der Waals surface area contributed by atoms with E-state index in [2.05, 4.69) is 16.0 Å². The molecule has 0 N–H and O–H groups in total. The number of aromatic nitrogens is 1. The van der Waals surface area contributed by atoms with Gasteiger partial charge in [-0.05, 0) is 37.1 Å². The normalized spacial score (nSPS) is 17.6. The lowest BCUT2D eigenvalue weighted by molar-refractivity contribution is 0.395. The van der Waals surface area contributed by atoms with E-state index < -0.39 is 0 Å². The van der Waals surface area contributed by atoms with Gasteiger partial charge < -0.3 is 14.4 Å². The highest BCUT2D eigenvalue weighted by Crippen LogP contribution is 2.42. The van der Waals surface area contributed by atoms with Crippen molar-refractivity contribution < 1.29 is 9.47 Å². The molecule has 1 aliphatic rings. The molecule has 22 heavy (non-hydrogen) atoms. The number of hydrogen-bond acceptors (Lipinski definition) is 4. The summed E-state index contributed by atoms with van der Waals surface area (Å²) in [4.78, 5) is 6.39. The molecule has 2 heterocycles. The van der Waals surface area contributed by atoms with E-state index in [1.807, 2.05) is 18.2 Å². The molecule has 1 saturated heterocycles. The van der Waals surface area contributed by atoms with Gasteiger partial charge in [0.25, 0.3) is 0 Å². The molecule has 2 aromatic rings. The van der Waals surface area contributed by atoms with Crippen LogP contribution in [0.2, 0.25) is 5.02 Å². The number of nitrogens with zero attached hydrogens (tertiary/aromatic N) is 2. The smallest absolute Gasteiger partial charge is 0.124 e. The average molecular weight is 319 g/mol. The standard InChI is InChI=1S/C17H19ClN2O2/c1-21-12-5-6-17(22-2)13(10-12)15-4-3-9-20(15)16-7-8-19-11-14(16)18/h5-8,10-11,15H,3-4,9H2,1-2H3. The monoisotopic (exact) mass is 318 g/mol. The number of halogens is 1. The molecule has 0 amide bonds. The van der Waals surface area contributed by atoms with Gasteiger partial charge in [0.05, 0.1) is 31.0 Å². The van der Waals surface area contributed by atoms with Crippen molar-refractivity contribution in [1.29, 1.82) is 0 Å². The van der Waals surface area contributed by atoms with Crippen LogP contribution >= 0.6 is 11.6 Å².